The smallest absolute Gasteiger partial charge is 0.184 e. The molecule has 0 saturated heterocycles. The molecule has 3 rings (SSSR count). The summed E-state index contributed by atoms with van der Waals surface area (Å²) in [6.07, 6.45) is 7.89. The normalized spacial score (nSPS) is 17.6. The van der Waals surface area contributed by atoms with Crippen molar-refractivity contribution in [2.24, 2.45) is 15.2 Å². The molecule has 0 N–H and O–H groups in total. The lowest BCUT2D eigenvalue weighted by Crippen LogP contribution is -2.03. The van der Waals surface area contributed by atoms with Crippen molar-refractivity contribution in [1.82, 2.24) is 4.90 Å². The Morgan fingerprint density at radius 2 is 1.67 bits per heavy atom. The average molecular weight is 236 g/mol. The summed E-state index contributed by atoms with van der Waals surface area (Å²) in [5.41, 5.74) is 1.96. The van der Waals surface area contributed by atoms with Gasteiger partial charge in [-0.15, -0.1) is 10.2 Å². The molecular formula is C14H12N4. The Morgan fingerprint density at radius 1 is 0.944 bits per heavy atom. The average Bonchev–Trinajstić information content (AvgIpc) is 2.90. The van der Waals surface area contributed by atoms with E-state index in [1.165, 1.54) is 0 Å². The quantitative estimate of drug-likeness (QED) is 0.738. The van der Waals surface area contributed by atoms with Crippen molar-refractivity contribution in [3.8, 4) is 0 Å². The Balaban J connectivity index is 1.94. The number of aliphatic imine (C=N–C) groups is 1. The molecule has 2 heterocycles. The van der Waals surface area contributed by atoms with Crippen LogP contribution < -0.4 is 0 Å². The van der Waals surface area contributed by atoms with Gasteiger partial charge in [0.25, 0.3) is 0 Å². The molecule has 0 radical (unpaired) electrons. The zero-order valence-corrected chi connectivity index (χ0v) is 9.99. The van der Waals surface area contributed by atoms with Crippen LogP contribution in [0.3, 0.4) is 0 Å². The Morgan fingerprint density at radius 3 is 2.39 bits per heavy atom. The molecule has 0 bridgehead atoms. The summed E-state index contributed by atoms with van der Waals surface area (Å²) in [4.78, 5) is 6.42. The van der Waals surface area contributed by atoms with Gasteiger partial charge in [0.2, 0.25) is 0 Å². The van der Waals surface area contributed by atoms with Crippen LogP contribution >= 0.6 is 0 Å². The van der Waals surface area contributed by atoms with Crippen LogP contribution in [0.4, 0.5) is 0 Å². The van der Waals surface area contributed by atoms with Crippen LogP contribution in [0.2, 0.25) is 0 Å². The van der Waals surface area contributed by atoms with Crippen molar-refractivity contribution in [1.29, 1.82) is 0 Å². The van der Waals surface area contributed by atoms with Gasteiger partial charge in [0.15, 0.2) is 11.7 Å². The Labute approximate surface area is 105 Å². The number of amidine groups is 1. The summed E-state index contributed by atoms with van der Waals surface area (Å²) in [6, 6.07) is 9.86. The molecule has 18 heavy (non-hydrogen) atoms. The van der Waals surface area contributed by atoms with Gasteiger partial charge in [-0.25, -0.2) is 4.99 Å². The van der Waals surface area contributed by atoms with Gasteiger partial charge in [-0.1, -0.05) is 30.3 Å². The second kappa shape index (κ2) is 4.41. The van der Waals surface area contributed by atoms with Crippen molar-refractivity contribution >= 4 is 5.84 Å². The highest BCUT2D eigenvalue weighted by Gasteiger charge is 2.12. The van der Waals surface area contributed by atoms with Crippen LogP contribution in [0.1, 0.15) is 5.56 Å². The molecule has 0 aromatic heterocycles. The van der Waals surface area contributed by atoms with Gasteiger partial charge >= 0.3 is 0 Å². The standard InChI is InChI=1S/C14H12N4/c1-18-9-7-12(8-10-18)14-15-13(16-17-14)11-5-3-2-4-6-11/h2-10H,1H3. The molecule has 4 nitrogen and oxygen atoms in total. The third-order valence-corrected chi connectivity index (χ3v) is 2.72. The molecule has 1 aromatic carbocycles. The maximum absolute atomic E-state index is 4.45. The Kier molecular flexibility index (Phi) is 2.61. The number of benzene rings is 1. The molecule has 0 fully saturated rings. The number of azo groups is 1. The van der Waals surface area contributed by atoms with Gasteiger partial charge in [0, 0.05) is 30.6 Å². The second-order valence-corrected chi connectivity index (χ2v) is 4.08. The summed E-state index contributed by atoms with van der Waals surface area (Å²) < 4.78 is 0. The molecule has 0 spiro atoms. The van der Waals surface area contributed by atoms with E-state index in [9.17, 15) is 0 Å². The minimum absolute atomic E-state index is 0.662. The lowest BCUT2D eigenvalue weighted by atomic mass is 10.2. The lowest BCUT2D eigenvalue weighted by Gasteiger charge is -2.11. The fourth-order valence-electron chi connectivity index (χ4n) is 1.72. The third-order valence-electron chi connectivity index (χ3n) is 2.72. The molecule has 2 aliphatic heterocycles. The first-order valence-corrected chi connectivity index (χ1v) is 5.71. The minimum Gasteiger partial charge on any atom is -0.357 e. The van der Waals surface area contributed by atoms with E-state index in [0.717, 1.165) is 11.1 Å². The number of hydrogen-bond donors (Lipinski definition) is 0. The monoisotopic (exact) mass is 236 g/mol. The number of rotatable bonds is 1. The zero-order valence-electron chi connectivity index (χ0n) is 9.99. The molecule has 1 aromatic rings. The fraction of sp³-hybridized carbons (Fsp3) is 0.0714. The molecule has 0 unspecified atom stereocenters. The van der Waals surface area contributed by atoms with Crippen LogP contribution in [0.15, 0.2) is 81.5 Å². The minimum atomic E-state index is 0.662. The van der Waals surface area contributed by atoms with E-state index in [1.807, 2.05) is 66.8 Å². The molecule has 0 aliphatic carbocycles. The zero-order chi connectivity index (χ0) is 12.4. The molecule has 0 atom stereocenters. The van der Waals surface area contributed by atoms with Crippen molar-refractivity contribution < 1.29 is 0 Å². The first kappa shape index (κ1) is 10.7. The predicted molar refractivity (Wildman–Crippen MR) is 70.9 cm³/mol. The third kappa shape index (κ3) is 2.00. The lowest BCUT2D eigenvalue weighted by molar-refractivity contribution is 0.619. The number of nitrogens with zero attached hydrogens (tertiary/aromatic N) is 4. The van der Waals surface area contributed by atoms with E-state index in [0.29, 0.717) is 11.7 Å². The maximum Gasteiger partial charge on any atom is 0.184 e. The van der Waals surface area contributed by atoms with Gasteiger partial charge in [-0.2, -0.15) is 0 Å². The van der Waals surface area contributed by atoms with E-state index >= 15 is 0 Å². The van der Waals surface area contributed by atoms with Crippen LogP contribution in [0, 0.1) is 0 Å². The summed E-state index contributed by atoms with van der Waals surface area (Å²) in [5.74, 6) is 1.33. The van der Waals surface area contributed by atoms with E-state index in [-0.39, 0.29) is 0 Å². The van der Waals surface area contributed by atoms with Crippen molar-refractivity contribution in [3.05, 3.63) is 71.8 Å². The van der Waals surface area contributed by atoms with E-state index in [2.05, 4.69) is 15.2 Å². The molecule has 0 amide bonds. The van der Waals surface area contributed by atoms with Crippen LogP contribution in [0.5, 0.6) is 0 Å². The van der Waals surface area contributed by atoms with Gasteiger partial charge in [-0.3, -0.25) is 0 Å². The summed E-state index contributed by atoms with van der Waals surface area (Å²) in [7, 11) is 1.98. The SMILES string of the molecule is CN1C=CC(=C2N=NC(c3ccccc3)=N2)C=C1. The van der Waals surface area contributed by atoms with Crippen molar-refractivity contribution in [2.45, 2.75) is 0 Å². The summed E-state index contributed by atoms with van der Waals surface area (Å²) in [6.45, 7) is 0. The highest BCUT2D eigenvalue weighted by atomic mass is 15.3. The van der Waals surface area contributed by atoms with E-state index < -0.39 is 0 Å². The van der Waals surface area contributed by atoms with Gasteiger partial charge in [0.05, 0.1) is 0 Å². The van der Waals surface area contributed by atoms with E-state index in [4.69, 9.17) is 0 Å². The predicted octanol–water partition coefficient (Wildman–Crippen LogP) is 3.08. The summed E-state index contributed by atoms with van der Waals surface area (Å²) >= 11 is 0. The molecular weight excluding hydrogens is 224 g/mol. The Hall–Kier alpha value is -2.49. The van der Waals surface area contributed by atoms with Crippen LogP contribution in [-0.4, -0.2) is 17.8 Å². The largest absolute Gasteiger partial charge is 0.357 e. The first-order chi connectivity index (χ1) is 8.83. The van der Waals surface area contributed by atoms with Gasteiger partial charge in [0.1, 0.15) is 0 Å². The topological polar surface area (TPSA) is 40.3 Å². The molecule has 88 valence electrons. The number of allylic oxidation sites excluding steroid dienone is 3. The molecule has 0 saturated carbocycles. The maximum atomic E-state index is 4.45. The van der Waals surface area contributed by atoms with Crippen molar-refractivity contribution in [2.75, 3.05) is 7.05 Å². The highest BCUT2D eigenvalue weighted by Crippen LogP contribution is 2.21. The Bertz CT molecular complexity index is 590. The van der Waals surface area contributed by atoms with Gasteiger partial charge < -0.3 is 4.90 Å². The van der Waals surface area contributed by atoms with Gasteiger partial charge in [-0.05, 0) is 12.2 Å². The fourth-order valence-corrected chi connectivity index (χ4v) is 1.72. The summed E-state index contributed by atoms with van der Waals surface area (Å²) in [5, 5.41) is 8.24. The van der Waals surface area contributed by atoms with Crippen LogP contribution in [0.25, 0.3) is 0 Å². The van der Waals surface area contributed by atoms with E-state index in [1.54, 1.807) is 0 Å². The highest BCUT2D eigenvalue weighted by molar-refractivity contribution is 6.00. The first-order valence-electron chi connectivity index (χ1n) is 5.71. The second-order valence-electron chi connectivity index (χ2n) is 4.08. The van der Waals surface area contributed by atoms with Crippen LogP contribution in [-0.2, 0) is 0 Å². The molecule has 2 aliphatic rings. The van der Waals surface area contributed by atoms with Crippen molar-refractivity contribution in [3.63, 3.8) is 0 Å². The molecule has 4 heteroatoms. The number of hydrogen-bond acceptors (Lipinski definition) is 4.